The van der Waals surface area contributed by atoms with Crippen LogP contribution in [-0.4, -0.2) is 25.3 Å². The quantitative estimate of drug-likeness (QED) is 0.521. The molecule has 0 unspecified atom stereocenters. The standard InChI is InChI=1S/C19H27F3O3S2/c20-19(21,22)25-27(23,24)26(16-10-4-1-5-11-16,17-12-6-2-7-13-17)18-14-8-3-9-15-18/h1,4-5,10-11,17-18H,2-3,6-9,12-15H2. The third kappa shape index (κ3) is 4.32. The molecule has 2 saturated carbocycles. The maximum atomic E-state index is 13.4. The summed E-state index contributed by atoms with van der Waals surface area (Å²) in [4.78, 5) is 0.535. The highest BCUT2D eigenvalue weighted by Crippen LogP contribution is 2.73. The molecule has 0 N–H and O–H groups in total. The van der Waals surface area contributed by atoms with Crippen LogP contribution in [0.25, 0.3) is 0 Å². The smallest absolute Gasteiger partial charge is 0.188 e. The molecular formula is C19H27F3O3S2. The molecule has 3 rings (SSSR count). The van der Waals surface area contributed by atoms with Crippen LogP contribution in [0.5, 0.6) is 0 Å². The fourth-order valence-electron chi connectivity index (χ4n) is 4.74. The summed E-state index contributed by atoms with van der Waals surface area (Å²) in [5.74, 6) is 0. The Hall–Kier alpha value is -0.730. The summed E-state index contributed by atoms with van der Waals surface area (Å²) in [5, 5.41) is -0.548. The van der Waals surface area contributed by atoms with Crippen molar-refractivity contribution in [3.8, 4) is 0 Å². The molecule has 2 aliphatic carbocycles. The van der Waals surface area contributed by atoms with Gasteiger partial charge in [0.15, 0.2) is 0 Å². The first-order valence-electron chi connectivity index (χ1n) is 9.66. The zero-order valence-electron chi connectivity index (χ0n) is 15.3. The second-order valence-electron chi connectivity index (χ2n) is 7.42. The van der Waals surface area contributed by atoms with Crippen molar-refractivity contribution in [2.75, 3.05) is 0 Å². The van der Waals surface area contributed by atoms with Gasteiger partial charge in [0.2, 0.25) is 0 Å². The molecule has 3 nitrogen and oxygen atoms in total. The van der Waals surface area contributed by atoms with Gasteiger partial charge >= 0.3 is 15.5 Å². The first-order chi connectivity index (χ1) is 12.8. The lowest BCUT2D eigenvalue weighted by Crippen LogP contribution is -2.39. The van der Waals surface area contributed by atoms with E-state index in [0.717, 1.165) is 38.5 Å². The highest BCUT2D eigenvalue weighted by atomic mass is 33.2. The number of halogens is 3. The van der Waals surface area contributed by atoms with E-state index in [9.17, 15) is 21.6 Å². The normalized spacial score (nSPS) is 21.9. The lowest BCUT2D eigenvalue weighted by atomic mass is 10.00. The fourth-order valence-corrected chi connectivity index (χ4v) is 14.7. The average Bonchev–Trinajstić information content (AvgIpc) is 2.63. The predicted molar refractivity (Wildman–Crippen MR) is 102 cm³/mol. The molecule has 0 amide bonds. The van der Waals surface area contributed by atoms with Gasteiger partial charge in [-0.1, -0.05) is 65.8 Å². The van der Waals surface area contributed by atoms with E-state index in [0.29, 0.717) is 30.6 Å². The molecule has 154 valence electrons. The summed E-state index contributed by atoms with van der Waals surface area (Å²) >= 11 is 0. The Balaban J connectivity index is 2.20. The van der Waals surface area contributed by atoms with Crippen LogP contribution in [0.2, 0.25) is 0 Å². The Kier molecular flexibility index (Phi) is 6.48. The Morgan fingerprint density at radius 1 is 0.778 bits per heavy atom. The fraction of sp³-hybridized carbons (Fsp3) is 0.684. The van der Waals surface area contributed by atoms with E-state index in [1.807, 2.05) is 0 Å². The summed E-state index contributed by atoms with van der Waals surface area (Å²) in [6.07, 6.45) is 2.87. The Bertz CT molecular complexity index is 689. The van der Waals surface area contributed by atoms with Crippen LogP contribution in [0.1, 0.15) is 64.2 Å². The molecule has 2 fully saturated rings. The van der Waals surface area contributed by atoms with E-state index >= 15 is 0 Å². The topological polar surface area (TPSA) is 43.4 Å². The summed E-state index contributed by atoms with van der Waals surface area (Å²) in [5.41, 5.74) is 0. The first-order valence-corrected chi connectivity index (χ1v) is 13.3. The van der Waals surface area contributed by atoms with Gasteiger partial charge in [-0.25, -0.2) is 0 Å². The van der Waals surface area contributed by atoms with Crippen LogP contribution in [0.4, 0.5) is 13.2 Å². The van der Waals surface area contributed by atoms with Crippen molar-refractivity contribution < 1.29 is 25.8 Å². The van der Waals surface area contributed by atoms with Gasteiger partial charge in [0.25, 0.3) is 0 Å². The number of alkyl halides is 3. The molecular weight excluding hydrogens is 397 g/mol. The minimum atomic E-state index is -5.20. The molecule has 8 heteroatoms. The lowest BCUT2D eigenvalue weighted by Gasteiger charge is -2.52. The molecule has 0 radical (unpaired) electrons. The van der Waals surface area contributed by atoms with E-state index in [1.54, 1.807) is 30.3 Å². The van der Waals surface area contributed by atoms with Crippen molar-refractivity contribution in [1.82, 2.24) is 0 Å². The summed E-state index contributed by atoms with van der Waals surface area (Å²) in [6.45, 7) is 0. The first kappa shape index (κ1) is 21.0. The van der Waals surface area contributed by atoms with Gasteiger partial charge in [-0.3, -0.25) is 0 Å². The van der Waals surface area contributed by atoms with E-state index in [2.05, 4.69) is 4.18 Å². The second-order valence-corrected chi connectivity index (χ2v) is 14.4. The third-order valence-corrected chi connectivity index (χ3v) is 15.2. The molecule has 0 bridgehead atoms. The summed E-state index contributed by atoms with van der Waals surface area (Å²) < 4.78 is 70.1. The summed E-state index contributed by atoms with van der Waals surface area (Å²) in [6, 6.07) is 8.63. The minimum Gasteiger partial charge on any atom is -0.188 e. The number of benzene rings is 1. The molecule has 0 atom stereocenters. The molecule has 0 heterocycles. The maximum Gasteiger partial charge on any atom is 0.537 e. The van der Waals surface area contributed by atoms with E-state index in [-0.39, 0.29) is 10.5 Å². The van der Waals surface area contributed by atoms with E-state index in [4.69, 9.17) is 0 Å². The Morgan fingerprint density at radius 2 is 1.22 bits per heavy atom. The molecule has 0 aliphatic heterocycles. The number of rotatable bonds is 5. The van der Waals surface area contributed by atoms with Gasteiger partial charge in [0, 0.05) is 15.4 Å². The van der Waals surface area contributed by atoms with Crippen molar-refractivity contribution in [2.24, 2.45) is 0 Å². The monoisotopic (exact) mass is 424 g/mol. The van der Waals surface area contributed by atoms with Gasteiger partial charge in [-0.15, -0.1) is 13.2 Å². The predicted octanol–water partition coefficient (Wildman–Crippen LogP) is 6.30. The third-order valence-electron chi connectivity index (χ3n) is 5.74. The van der Waals surface area contributed by atoms with Crippen LogP contribution >= 0.6 is 9.06 Å². The van der Waals surface area contributed by atoms with Gasteiger partial charge in [-0.2, -0.15) is 12.6 Å². The Labute approximate surface area is 160 Å². The molecule has 0 spiro atoms. The van der Waals surface area contributed by atoms with Crippen LogP contribution < -0.4 is 0 Å². The Morgan fingerprint density at radius 3 is 1.63 bits per heavy atom. The molecule has 1 aromatic carbocycles. The molecule has 1 aromatic rings. The molecule has 27 heavy (non-hydrogen) atoms. The largest absolute Gasteiger partial charge is 0.537 e. The van der Waals surface area contributed by atoms with Gasteiger partial charge in [0.05, 0.1) is 0 Å². The van der Waals surface area contributed by atoms with Crippen molar-refractivity contribution in [3.05, 3.63) is 30.3 Å². The van der Waals surface area contributed by atoms with Crippen LogP contribution in [-0.2, 0) is 13.3 Å². The van der Waals surface area contributed by atoms with E-state index in [1.165, 1.54) is 0 Å². The van der Waals surface area contributed by atoms with Crippen LogP contribution in [0, 0.1) is 0 Å². The maximum absolute atomic E-state index is 13.4. The number of hydrogen-bond acceptors (Lipinski definition) is 3. The van der Waals surface area contributed by atoms with Crippen LogP contribution in [0.15, 0.2) is 35.2 Å². The van der Waals surface area contributed by atoms with Gasteiger partial charge in [-0.05, 0) is 37.8 Å². The molecule has 0 saturated heterocycles. The van der Waals surface area contributed by atoms with Crippen molar-refractivity contribution in [1.29, 1.82) is 0 Å². The SMILES string of the molecule is O=S(=O)(OC(F)(F)F)S(c1ccccc1)(C1CCCCC1)C1CCCCC1. The van der Waals surface area contributed by atoms with E-state index < -0.39 is 24.6 Å². The lowest BCUT2D eigenvalue weighted by molar-refractivity contribution is -0.270. The highest BCUT2D eigenvalue weighted by molar-refractivity contribution is 8.89. The van der Waals surface area contributed by atoms with Crippen molar-refractivity contribution in [2.45, 2.75) is 86.0 Å². The van der Waals surface area contributed by atoms with Crippen LogP contribution in [0.3, 0.4) is 0 Å². The zero-order chi connectivity index (χ0) is 19.5. The number of hydrogen-bond donors (Lipinski definition) is 0. The molecule has 2 aliphatic rings. The zero-order valence-corrected chi connectivity index (χ0v) is 16.9. The minimum absolute atomic E-state index is 0.274. The van der Waals surface area contributed by atoms with Crippen molar-refractivity contribution in [3.63, 3.8) is 0 Å². The second kappa shape index (κ2) is 8.33. The van der Waals surface area contributed by atoms with Gasteiger partial charge < -0.3 is 0 Å². The van der Waals surface area contributed by atoms with Crippen molar-refractivity contribution >= 4 is 18.2 Å². The highest BCUT2D eigenvalue weighted by Gasteiger charge is 2.55. The summed E-state index contributed by atoms with van der Waals surface area (Å²) in [7, 11) is -7.70. The molecule has 0 aromatic heterocycles. The average molecular weight is 425 g/mol. The van der Waals surface area contributed by atoms with Gasteiger partial charge in [0.1, 0.15) is 0 Å².